The van der Waals surface area contributed by atoms with Gasteiger partial charge in [0.1, 0.15) is 0 Å². The van der Waals surface area contributed by atoms with E-state index in [1.807, 2.05) is 55.5 Å². The maximum atomic E-state index is 13.6. The summed E-state index contributed by atoms with van der Waals surface area (Å²) in [5.74, 6) is -2.04. The number of alkyl halides is 3. The number of rotatable bonds is 9. The van der Waals surface area contributed by atoms with Crippen molar-refractivity contribution in [2.45, 2.75) is 38.8 Å². The number of aliphatic hydroxyl groups is 1. The largest absolute Gasteiger partial charge is 0.481 e. The predicted molar refractivity (Wildman–Crippen MR) is 122 cm³/mol. The van der Waals surface area contributed by atoms with Gasteiger partial charge in [0.2, 0.25) is 0 Å². The van der Waals surface area contributed by atoms with Crippen molar-refractivity contribution in [3.05, 3.63) is 94.5 Å². The van der Waals surface area contributed by atoms with E-state index in [-0.39, 0.29) is 24.8 Å². The first kappa shape index (κ1) is 24.5. The first-order valence-electron chi connectivity index (χ1n) is 10.9. The summed E-state index contributed by atoms with van der Waals surface area (Å²) >= 11 is 0. The zero-order valence-corrected chi connectivity index (χ0v) is 18.4. The van der Waals surface area contributed by atoms with Crippen LogP contribution in [0.5, 0.6) is 0 Å². The van der Waals surface area contributed by atoms with Gasteiger partial charge in [-0.05, 0) is 72.1 Å². The Labute approximate surface area is 191 Å². The van der Waals surface area contributed by atoms with Gasteiger partial charge in [-0.15, -0.1) is 0 Å². The fourth-order valence-corrected chi connectivity index (χ4v) is 4.07. The molecule has 0 saturated carbocycles. The smallest absolute Gasteiger partial charge is 0.416 e. The Morgan fingerprint density at radius 3 is 2.24 bits per heavy atom. The Morgan fingerprint density at radius 2 is 1.61 bits per heavy atom. The van der Waals surface area contributed by atoms with Crippen molar-refractivity contribution in [3.8, 4) is 11.1 Å². The van der Waals surface area contributed by atoms with Gasteiger partial charge in [0, 0.05) is 0 Å². The molecule has 1 atom stereocenters. The highest BCUT2D eigenvalue weighted by atomic mass is 19.4. The number of carbonyl (C=O) groups is 1. The maximum Gasteiger partial charge on any atom is 0.416 e. The van der Waals surface area contributed by atoms with Crippen LogP contribution >= 0.6 is 0 Å². The molecule has 0 heterocycles. The third kappa shape index (κ3) is 6.23. The summed E-state index contributed by atoms with van der Waals surface area (Å²) in [7, 11) is 0. The highest BCUT2D eigenvalue weighted by Gasteiger charge is 2.33. The highest BCUT2D eigenvalue weighted by molar-refractivity contribution is 5.70. The Hall–Kier alpha value is -3.12. The molecule has 33 heavy (non-hydrogen) atoms. The molecule has 0 radical (unpaired) electrons. The molecule has 3 aromatic carbocycles. The number of carboxylic acid groups (broad SMARTS) is 1. The van der Waals surface area contributed by atoms with E-state index in [0.717, 1.165) is 28.3 Å². The normalized spacial score (nSPS) is 12.5. The topological polar surface area (TPSA) is 57.5 Å². The van der Waals surface area contributed by atoms with Gasteiger partial charge in [-0.1, -0.05) is 60.7 Å². The molecule has 6 heteroatoms. The molecule has 0 aliphatic heterocycles. The van der Waals surface area contributed by atoms with Gasteiger partial charge in [-0.25, -0.2) is 0 Å². The summed E-state index contributed by atoms with van der Waals surface area (Å²) in [4.78, 5) is 11.1. The second kappa shape index (κ2) is 10.7. The molecule has 0 fully saturated rings. The molecule has 174 valence electrons. The average molecular weight is 457 g/mol. The number of carboxylic acids is 1. The third-order valence-corrected chi connectivity index (χ3v) is 6.02. The van der Waals surface area contributed by atoms with Gasteiger partial charge in [-0.2, -0.15) is 13.2 Å². The third-order valence-electron chi connectivity index (χ3n) is 6.02. The minimum absolute atomic E-state index is 0.162. The molecular formula is C27H27F3O3. The van der Waals surface area contributed by atoms with Crippen LogP contribution in [0.15, 0.2) is 66.7 Å². The molecule has 0 bridgehead atoms. The number of halogens is 3. The van der Waals surface area contributed by atoms with Gasteiger partial charge < -0.3 is 10.2 Å². The molecule has 3 rings (SSSR count). The first-order chi connectivity index (χ1) is 15.7. The summed E-state index contributed by atoms with van der Waals surface area (Å²) in [6.07, 6.45) is -3.36. The lowest BCUT2D eigenvalue weighted by Gasteiger charge is -2.17. The second-order valence-electron chi connectivity index (χ2n) is 8.20. The van der Waals surface area contributed by atoms with E-state index in [2.05, 4.69) is 0 Å². The zero-order valence-electron chi connectivity index (χ0n) is 18.4. The summed E-state index contributed by atoms with van der Waals surface area (Å²) in [5.41, 5.74) is 4.31. The van der Waals surface area contributed by atoms with Crippen LogP contribution in [0.2, 0.25) is 0 Å². The number of hydrogen-bond acceptors (Lipinski definition) is 2. The summed E-state index contributed by atoms with van der Waals surface area (Å²) in [6, 6.07) is 19.7. The van der Waals surface area contributed by atoms with Crippen LogP contribution in [0.4, 0.5) is 13.2 Å². The Balaban J connectivity index is 1.84. The fraction of sp³-hybridized carbons (Fsp3) is 0.296. The van der Waals surface area contributed by atoms with Gasteiger partial charge in [0.15, 0.2) is 0 Å². The Bertz CT molecular complexity index is 1090. The lowest BCUT2D eigenvalue weighted by atomic mass is 9.91. The summed E-state index contributed by atoms with van der Waals surface area (Å²) in [6.45, 7) is 1.49. The van der Waals surface area contributed by atoms with Gasteiger partial charge in [0.05, 0.1) is 18.1 Å². The molecule has 0 amide bonds. The Kier molecular flexibility index (Phi) is 7.92. The monoisotopic (exact) mass is 456 g/mol. The molecule has 0 spiro atoms. The lowest BCUT2D eigenvalue weighted by molar-refractivity contribution is -0.143. The zero-order chi connectivity index (χ0) is 24.0. The first-order valence-corrected chi connectivity index (χ1v) is 10.9. The van der Waals surface area contributed by atoms with E-state index in [4.69, 9.17) is 5.11 Å². The van der Waals surface area contributed by atoms with Crippen molar-refractivity contribution in [2.75, 3.05) is 6.61 Å². The van der Waals surface area contributed by atoms with Crippen molar-refractivity contribution in [1.82, 2.24) is 0 Å². The molecule has 2 N–H and O–H groups in total. The van der Waals surface area contributed by atoms with E-state index in [9.17, 15) is 23.1 Å². The van der Waals surface area contributed by atoms with E-state index >= 15 is 0 Å². The summed E-state index contributed by atoms with van der Waals surface area (Å²) < 4.78 is 40.9. The molecule has 0 aliphatic carbocycles. The number of aryl methyl sites for hydroxylation is 3. The molecule has 1 unspecified atom stereocenters. The van der Waals surface area contributed by atoms with Crippen molar-refractivity contribution >= 4 is 5.97 Å². The minimum Gasteiger partial charge on any atom is -0.481 e. The van der Waals surface area contributed by atoms with Crippen molar-refractivity contribution in [2.24, 2.45) is 5.92 Å². The van der Waals surface area contributed by atoms with Crippen LogP contribution in [0.3, 0.4) is 0 Å². The van der Waals surface area contributed by atoms with E-state index in [1.54, 1.807) is 0 Å². The maximum absolute atomic E-state index is 13.6. The van der Waals surface area contributed by atoms with Gasteiger partial charge >= 0.3 is 12.1 Å². The second-order valence-corrected chi connectivity index (χ2v) is 8.20. The van der Waals surface area contributed by atoms with Crippen molar-refractivity contribution in [3.63, 3.8) is 0 Å². The predicted octanol–water partition coefficient (Wildman–Crippen LogP) is 6.09. The molecule has 0 saturated heterocycles. The SMILES string of the molecule is Cc1c(CCc2cc(CCC(CO)C(=O)O)ccc2C(F)(F)F)cccc1-c1ccccc1. The molecule has 3 aromatic rings. The van der Waals surface area contributed by atoms with Crippen LogP contribution in [0.1, 0.15) is 34.2 Å². The number of aliphatic carboxylic acids is 1. The molecule has 3 nitrogen and oxygen atoms in total. The lowest BCUT2D eigenvalue weighted by Crippen LogP contribution is -2.18. The highest BCUT2D eigenvalue weighted by Crippen LogP contribution is 2.34. The molecular weight excluding hydrogens is 429 g/mol. The van der Waals surface area contributed by atoms with Crippen LogP contribution < -0.4 is 0 Å². The fourth-order valence-electron chi connectivity index (χ4n) is 4.07. The molecule has 0 aliphatic rings. The number of aliphatic hydroxyl groups excluding tert-OH is 1. The van der Waals surface area contributed by atoms with Gasteiger partial charge in [0.25, 0.3) is 0 Å². The summed E-state index contributed by atoms with van der Waals surface area (Å²) in [5, 5.41) is 18.3. The average Bonchev–Trinajstić information content (AvgIpc) is 2.78. The quantitative estimate of drug-likeness (QED) is 0.410. The van der Waals surface area contributed by atoms with E-state index in [1.165, 1.54) is 12.1 Å². The van der Waals surface area contributed by atoms with Crippen molar-refractivity contribution < 1.29 is 28.2 Å². The van der Waals surface area contributed by atoms with Crippen LogP contribution in [-0.4, -0.2) is 22.8 Å². The minimum atomic E-state index is -4.47. The van der Waals surface area contributed by atoms with Crippen LogP contribution in [0, 0.1) is 12.8 Å². The van der Waals surface area contributed by atoms with E-state index in [0.29, 0.717) is 12.0 Å². The van der Waals surface area contributed by atoms with E-state index < -0.39 is 30.2 Å². The van der Waals surface area contributed by atoms with Crippen molar-refractivity contribution in [1.29, 1.82) is 0 Å². The standard InChI is InChI=1S/C27H27F3O3/c1-18-20(8-5-9-24(18)21-6-3-2-4-7-21)13-14-22-16-19(10-12-23(17-31)26(32)33)11-15-25(22)27(28,29)30/h2-9,11,15-16,23,31H,10,12-14,17H2,1H3,(H,32,33). The molecule has 0 aromatic heterocycles. The van der Waals surface area contributed by atoms with Crippen LogP contribution in [0.25, 0.3) is 11.1 Å². The van der Waals surface area contributed by atoms with Crippen LogP contribution in [-0.2, 0) is 30.2 Å². The van der Waals surface area contributed by atoms with Gasteiger partial charge in [-0.3, -0.25) is 4.79 Å². The Morgan fingerprint density at radius 1 is 0.909 bits per heavy atom. The number of hydrogen-bond donors (Lipinski definition) is 2. The number of benzene rings is 3.